The Morgan fingerprint density at radius 1 is 1.11 bits per heavy atom. The van der Waals surface area contributed by atoms with Gasteiger partial charge in [0.1, 0.15) is 5.82 Å². The molecule has 90 valence electrons. The second-order valence-corrected chi connectivity index (χ2v) is 5.49. The fourth-order valence-corrected chi connectivity index (χ4v) is 2.51. The Kier molecular flexibility index (Phi) is 2.88. The fourth-order valence-electron chi connectivity index (χ4n) is 2.03. The maximum Gasteiger partial charge on any atom is 0.140 e. The van der Waals surface area contributed by atoms with Gasteiger partial charge in [-0.05, 0) is 42.5 Å². The molecule has 0 unspecified atom stereocenters. The van der Waals surface area contributed by atoms with Crippen LogP contribution in [0.2, 0.25) is 5.02 Å². The van der Waals surface area contributed by atoms with Gasteiger partial charge in [-0.1, -0.05) is 27.5 Å². The van der Waals surface area contributed by atoms with Gasteiger partial charge < -0.3 is 4.57 Å². The highest BCUT2D eigenvalue weighted by atomic mass is 79.9. The van der Waals surface area contributed by atoms with Crippen molar-refractivity contribution in [2.24, 2.45) is 7.05 Å². The molecule has 0 aliphatic carbocycles. The lowest BCUT2D eigenvalue weighted by Crippen LogP contribution is -1.91. The summed E-state index contributed by atoms with van der Waals surface area (Å²) in [6.45, 7) is 0. The van der Waals surface area contributed by atoms with Gasteiger partial charge in [0.2, 0.25) is 0 Å². The number of benzene rings is 2. The summed E-state index contributed by atoms with van der Waals surface area (Å²) in [6.07, 6.45) is 0. The molecule has 4 heteroatoms. The van der Waals surface area contributed by atoms with E-state index in [2.05, 4.69) is 31.5 Å². The van der Waals surface area contributed by atoms with Crippen molar-refractivity contribution in [1.82, 2.24) is 9.55 Å². The zero-order valence-electron chi connectivity index (χ0n) is 9.69. The van der Waals surface area contributed by atoms with Crippen LogP contribution < -0.4 is 0 Å². The first-order chi connectivity index (χ1) is 8.65. The van der Waals surface area contributed by atoms with E-state index in [0.29, 0.717) is 0 Å². The van der Waals surface area contributed by atoms with E-state index in [1.807, 2.05) is 43.4 Å². The van der Waals surface area contributed by atoms with E-state index in [0.717, 1.165) is 31.9 Å². The molecule has 0 fully saturated rings. The lowest BCUT2D eigenvalue weighted by atomic mass is 10.2. The van der Waals surface area contributed by atoms with Gasteiger partial charge in [0.25, 0.3) is 0 Å². The quantitative estimate of drug-likeness (QED) is 0.637. The van der Waals surface area contributed by atoms with Crippen LogP contribution in [0.3, 0.4) is 0 Å². The van der Waals surface area contributed by atoms with Crippen molar-refractivity contribution in [3.05, 3.63) is 52.0 Å². The molecule has 0 bridgehead atoms. The number of fused-ring (bicyclic) bond motifs is 1. The maximum absolute atomic E-state index is 5.90. The minimum absolute atomic E-state index is 0.736. The van der Waals surface area contributed by atoms with E-state index in [9.17, 15) is 0 Å². The van der Waals surface area contributed by atoms with Gasteiger partial charge in [-0.2, -0.15) is 0 Å². The number of imidazole rings is 1. The van der Waals surface area contributed by atoms with Crippen LogP contribution in [0, 0.1) is 0 Å². The summed E-state index contributed by atoms with van der Waals surface area (Å²) in [4.78, 5) is 4.66. The van der Waals surface area contributed by atoms with Crippen molar-refractivity contribution >= 4 is 38.6 Å². The number of hydrogen-bond donors (Lipinski definition) is 0. The molecule has 0 aliphatic rings. The minimum Gasteiger partial charge on any atom is -0.327 e. The van der Waals surface area contributed by atoms with Crippen LogP contribution in [-0.2, 0) is 7.05 Å². The van der Waals surface area contributed by atoms with Crippen LogP contribution in [0.25, 0.3) is 22.4 Å². The average molecular weight is 322 g/mol. The number of hydrogen-bond acceptors (Lipinski definition) is 1. The lowest BCUT2D eigenvalue weighted by molar-refractivity contribution is 0.959. The molecule has 0 saturated heterocycles. The van der Waals surface area contributed by atoms with Crippen LogP contribution in [0.1, 0.15) is 0 Å². The Labute approximate surface area is 118 Å². The van der Waals surface area contributed by atoms with E-state index in [-0.39, 0.29) is 0 Å². The maximum atomic E-state index is 5.90. The highest BCUT2D eigenvalue weighted by Crippen LogP contribution is 2.26. The first-order valence-corrected chi connectivity index (χ1v) is 6.70. The van der Waals surface area contributed by atoms with E-state index in [1.165, 1.54) is 0 Å². The van der Waals surface area contributed by atoms with Gasteiger partial charge in [-0.15, -0.1) is 0 Å². The molecule has 2 aromatic carbocycles. The molecule has 18 heavy (non-hydrogen) atoms. The van der Waals surface area contributed by atoms with Gasteiger partial charge in [-0.25, -0.2) is 4.98 Å². The van der Waals surface area contributed by atoms with Crippen molar-refractivity contribution < 1.29 is 0 Å². The van der Waals surface area contributed by atoms with Crippen molar-refractivity contribution in [2.75, 3.05) is 0 Å². The van der Waals surface area contributed by atoms with Crippen LogP contribution in [-0.4, -0.2) is 9.55 Å². The molecule has 2 nitrogen and oxygen atoms in total. The zero-order chi connectivity index (χ0) is 12.7. The molecule has 0 radical (unpaired) electrons. The third-order valence-corrected chi connectivity index (χ3v) is 3.69. The topological polar surface area (TPSA) is 17.8 Å². The van der Waals surface area contributed by atoms with Crippen LogP contribution in [0.4, 0.5) is 0 Å². The van der Waals surface area contributed by atoms with Crippen molar-refractivity contribution in [3.8, 4) is 11.4 Å². The van der Waals surface area contributed by atoms with Crippen LogP contribution in [0.5, 0.6) is 0 Å². The summed E-state index contributed by atoms with van der Waals surface area (Å²) in [5.41, 5.74) is 3.16. The van der Waals surface area contributed by atoms with Gasteiger partial charge >= 0.3 is 0 Å². The number of nitrogens with zero attached hydrogens (tertiary/aromatic N) is 2. The van der Waals surface area contributed by atoms with E-state index in [4.69, 9.17) is 11.6 Å². The monoisotopic (exact) mass is 320 g/mol. The zero-order valence-corrected chi connectivity index (χ0v) is 12.0. The molecular weight excluding hydrogens is 312 g/mol. The number of aryl methyl sites for hydroxylation is 1. The molecule has 0 atom stereocenters. The van der Waals surface area contributed by atoms with E-state index < -0.39 is 0 Å². The number of aromatic nitrogens is 2. The Morgan fingerprint density at radius 3 is 2.56 bits per heavy atom. The SMILES string of the molecule is Cn1c(-c2ccc(Cl)cc2)nc2cc(Br)ccc21. The second-order valence-electron chi connectivity index (χ2n) is 4.13. The molecule has 3 rings (SSSR count). The van der Waals surface area contributed by atoms with Crippen molar-refractivity contribution in [3.63, 3.8) is 0 Å². The molecule has 0 saturated carbocycles. The normalized spacial score (nSPS) is 11.1. The molecule has 0 amide bonds. The fraction of sp³-hybridized carbons (Fsp3) is 0.0714. The summed E-state index contributed by atoms with van der Waals surface area (Å²) < 4.78 is 3.13. The van der Waals surface area contributed by atoms with Crippen LogP contribution >= 0.6 is 27.5 Å². The Hall–Kier alpha value is -1.32. The molecule has 3 aromatic rings. The highest BCUT2D eigenvalue weighted by molar-refractivity contribution is 9.10. The molecule has 0 N–H and O–H groups in total. The average Bonchev–Trinajstić information content (AvgIpc) is 2.67. The molecule has 1 aromatic heterocycles. The van der Waals surface area contributed by atoms with E-state index in [1.54, 1.807) is 0 Å². The van der Waals surface area contributed by atoms with Crippen molar-refractivity contribution in [2.45, 2.75) is 0 Å². The summed E-state index contributed by atoms with van der Waals surface area (Å²) >= 11 is 9.37. The smallest absolute Gasteiger partial charge is 0.140 e. The van der Waals surface area contributed by atoms with Crippen molar-refractivity contribution in [1.29, 1.82) is 0 Å². The largest absolute Gasteiger partial charge is 0.327 e. The molecule has 1 heterocycles. The third-order valence-electron chi connectivity index (χ3n) is 2.95. The minimum atomic E-state index is 0.736. The van der Waals surface area contributed by atoms with Gasteiger partial charge in [-0.3, -0.25) is 0 Å². The van der Waals surface area contributed by atoms with Crippen LogP contribution in [0.15, 0.2) is 46.9 Å². The van der Waals surface area contributed by atoms with Gasteiger partial charge in [0.05, 0.1) is 11.0 Å². The summed E-state index contributed by atoms with van der Waals surface area (Å²) in [6, 6.07) is 13.8. The number of rotatable bonds is 1. The second kappa shape index (κ2) is 4.41. The first kappa shape index (κ1) is 11.8. The Morgan fingerprint density at radius 2 is 1.83 bits per heavy atom. The lowest BCUT2D eigenvalue weighted by Gasteiger charge is -2.02. The predicted octanol–water partition coefficient (Wildman–Crippen LogP) is 4.66. The molecule has 0 aliphatic heterocycles. The van der Waals surface area contributed by atoms with E-state index >= 15 is 0 Å². The first-order valence-electron chi connectivity index (χ1n) is 5.53. The predicted molar refractivity (Wildman–Crippen MR) is 78.9 cm³/mol. The Bertz CT molecular complexity index is 716. The van der Waals surface area contributed by atoms with Gasteiger partial charge in [0.15, 0.2) is 0 Å². The standard InChI is InChI=1S/C14H10BrClN2/c1-18-13-7-4-10(15)8-12(13)17-14(18)9-2-5-11(16)6-3-9/h2-8H,1H3. The number of halogens is 2. The summed E-state index contributed by atoms with van der Waals surface area (Å²) in [7, 11) is 2.02. The summed E-state index contributed by atoms with van der Waals surface area (Å²) in [5.74, 6) is 0.944. The van der Waals surface area contributed by atoms with Gasteiger partial charge in [0, 0.05) is 22.1 Å². The summed E-state index contributed by atoms with van der Waals surface area (Å²) in [5, 5.41) is 0.736. The molecular formula is C14H10BrClN2. The highest BCUT2D eigenvalue weighted by Gasteiger charge is 2.09. The Balaban J connectivity index is 2.23. The third kappa shape index (κ3) is 1.93. The molecule has 0 spiro atoms.